The normalized spacial score (nSPS) is 16.7. The maximum Gasteiger partial charge on any atom is 0.247 e. The third kappa shape index (κ3) is 10.4. The highest BCUT2D eigenvalue weighted by molar-refractivity contribution is 7.93. The number of hydrogen-bond acceptors (Lipinski definition) is 13. The van der Waals surface area contributed by atoms with Crippen LogP contribution in [0.3, 0.4) is 0 Å². The van der Waals surface area contributed by atoms with Crippen molar-refractivity contribution in [1.82, 2.24) is 14.5 Å². The standard InChI is InChI=1S/C18H23N3O4S2.C16H26N2O5S/c1-18(2,27(23,24)12-13-8-10-25-11-9-13)16(22)20-17-19-15(21-26-17)14-6-4-3-5-7-14;1-11(2)13-9-14(23-18-13)17-15(19)16(3,4)24(20,21)10-12-5-7-22-8-6-12/h3-7,13H,8-12H2,1-2H3,(H,19,20,21,22);9,11-12H,5-8,10H2,1-4H3,(H,17,19). The lowest BCUT2D eigenvalue weighted by atomic mass is 10.0. The molecule has 0 unspecified atom stereocenters. The average Bonchev–Trinajstić information content (AvgIpc) is 3.76. The summed E-state index contributed by atoms with van der Waals surface area (Å²) in [7, 11) is -7.25. The highest BCUT2D eigenvalue weighted by Gasteiger charge is 2.44. The maximum atomic E-state index is 12.8. The van der Waals surface area contributed by atoms with Crippen LogP contribution in [0.2, 0.25) is 0 Å². The summed E-state index contributed by atoms with van der Waals surface area (Å²) < 4.78 is 67.8. The molecule has 1 aromatic carbocycles. The Bertz CT molecular complexity index is 1830. The minimum atomic E-state index is -3.64. The second-order valence-corrected chi connectivity index (χ2v) is 20.1. The fraction of sp³-hybridized carbons (Fsp3) is 0.618. The van der Waals surface area contributed by atoms with E-state index in [1.165, 1.54) is 27.7 Å². The Balaban J connectivity index is 0.000000230. The number of nitrogens with one attached hydrogen (secondary N) is 2. The molecule has 2 aliphatic rings. The number of benzene rings is 1. The summed E-state index contributed by atoms with van der Waals surface area (Å²) in [5.74, 6) is -0.337. The Hall–Kier alpha value is -3.25. The van der Waals surface area contributed by atoms with Crippen LogP contribution in [-0.4, -0.2) is 90.6 Å². The van der Waals surface area contributed by atoms with Crippen LogP contribution >= 0.6 is 11.5 Å². The van der Waals surface area contributed by atoms with Gasteiger partial charge in [0.1, 0.15) is 9.49 Å². The maximum absolute atomic E-state index is 12.8. The highest BCUT2D eigenvalue weighted by Crippen LogP contribution is 2.29. The zero-order valence-corrected chi connectivity index (χ0v) is 32.5. The van der Waals surface area contributed by atoms with Crippen molar-refractivity contribution in [2.24, 2.45) is 11.8 Å². The van der Waals surface area contributed by atoms with Crippen LogP contribution < -0.4 is 10.6 Å². The summed E-state index contributed by atoms with van der Waals surface area (Å²) >= 11 is 1.03. The summed E-state index contributed by atoms with van der Waals surface area (Å²) in [5.41, 5.74) is 1.54. The number of carbonyl (C=O) groups is 2. The number of aromatic nitrogens is 3. The van der Waals surface area contributed by atoms with Crippen molar-refractivity contribution in [3.05, 3.63) is 42.1 Å². The number of sulfone groups is 2. The van der Waals surface area contributed by atoms with Gasteiger partial charge in [-0.1, -0.05) is 49.3 Å². The molecule has 2 fully saturated rings. The molecule has 2 N–H and O–H groups in total. The summed E-state index contributed by atoms with van der Waals surface area (Å²) in [5, 5.41) is 9.29. The molecular weight excluding hydrogens is 719 g/mol. The molecule has 0 atom stereocenters. The number of rotatable bonds is 12. The predicted octanol–water partition coefficient (Wildman–Crippen LogP) is 5.12. The molecule has 2 aromatic heterocycles. The van der Waals surface area contributed by atoms with Gasteiger partial charge in [0.2, 0.25) is 22.8 Å². The Morgan fingerprint density at radius 1 is 0.824 bits per heavy atom. The fourth-order valence-corrected chi connectivity index (χ4v) is 9.25. The van der Waals surface area contributed by atoms with Crippen LogP contribution in [0.15, 0.2) is 40.9 Å². The smallest absolute Gasteiger partial charge is 0.247 e. The van der Waals surface area contributed by atoms with Crippen molar-refractivity contribution in [2.75, 3.05) is 48.6 Å². The van der Waals surface area contributed by atoms with Crippen LogP contribution in [-0.2, 0) is 38.7 Å². The lowest BCUT2D eigenvalue weighted by molar-refractivity contribution is -0.118. The van der Waals surface area contributed by atoms with Crippen LogP contribution in [0.4, 0.5) is 11.0 Å². The molecule has 2 amide bonds. The van der Waals surface area contributed by atoms with E-state index in [-0.39, 0.29) is 40.3 Å². The van der Waals surface area contributed by atoms with Gasteiger partial charge in [0, 0.05) is 49.6 Å². The lowest BCUT2D eigenvalue weighted by Crippen LogP contribution is -2.47. The Labute approximate surface area is 304 Å². The summed E-state index contributed by atoms with van der Waals surface area (Å²) in [6.45, 7) is 11.9. The fourth-order valence-electron chi connectivity index (χ4n) is 5.25. The van der Waals surface area contributed by atoms with E-state index >= 15 is 0 Å². The average molecular weight is 768 g/mol. The Morgan fingerprint density at radius 2 is 1.31 bits per heavy atom. The van der Waals surface area contributed by atoms with E-state index < -0.39 is 41.0 Å². The lowest BCUT2D eigenvalue weighted by Gasteiger charge is -2.28. The summed E-state index contributed by atoms with van der Waals surface area (Å²) in [6, 6.07) is 11.0. The van der Waals surface area contributed by atoms with Crippen LogP contribution in [0.1, 0.15) is 78.8 Å². The first-order valence-electron chi connectivity index (χ1n) is 17.0. The summed E-state index contributed by atoms with van der Waals surface area (Å²) in [6.07, 6.45) is 2.81. The Kier molecular flexibility index (Phi) is 13.5. The first-order valence-corrected chi connectivity index (χ1v) is 21.1. The van der Waals surface area contributed by atoms with E-state index in [2.05, 4.69) is 25.1 Å². The molecule has 14 nitrogen and oxygen atoms in total. The van der Waals surface area contributed by atoms with Crippen molar-refractivity contribution < 1.29 is 40.4 Å². The van der Waals surface area contributed by atoms with Crippen molar-refractivity contribution in [1.29, 1.82) is 0 Å². The third-order valence-corrected chi connectivity index (χ3v) is 15.2. The molecule has 0 radical (unpaired) electrons. The zero-order valence-electron chi connectivity index (χ0n) is 30.0. The van der Waals surface area contributed by atoms with Gasteiger partial charge in [-0.05, 0) is 71.1 Å². The van der Waals surface area contributed by atoms with Gasteiger partial charge in [0.25, 0.3) is 0 Å². The van der Waals surface area contributed by atoms with Gasteiger partial charge >= 0.3 is 0 Å². The van der Waals surface area contributed by atoms with Crippen molar-refractivity contribution in [3.63, 3.8) is 0 Å². The molecule has 282 valence electrons. The predicted molar refractivity (Wildman–Crippen MR) is 196 cm³/mol. The number of hydrogen-bond donors (Lipinski definition) is 2. The van der Waals surface area contributed by atoms with Gasteiger partial charge in [-0.25, -0.2) is 16.8 Å². The molecular formula is C34H49N5O9S3. The van der Waals surface area contributed by atoms with E-state index in [1.54, 1.807) is 6.07 Å². The van der Waals surface area contributed by atoms with E-state index in [1.807, 2.05) is 44.2 Å². The molecule has 5 rings (SSSR count). The molecule has 2 aliphatic heterocycles. The molecule has 0 spiro atoms. The van der Waals surface area contributed by atoms with Crippen LogP contribution in [0.25, 0.3) is 11.4 Å². The molecule has 2 saturated heterocycles. The monoisotopic (exact) mass is 767 g/mol. The molecule has 17 heteroatoms. The van der Waals surface area contributed by atoms with Crippen LogP contribution in [0, 0.1) is 11.8 Å². The minimum Gasteiger partial charge on any atom is -0.381 e. The zero-order chi connectivity index (χ0) is 37.5. The van der Waals surface area contributed by atoms with Gasteiger partial charge in [-0.2, -0.15) is 9.36 Å². The highest BCUT2D eigenvalue weighted by atomic mass is 32.2. The topological polar surface area (TPSA) is 197 Å². The van der Waals surface area contributed by atoms with Gasteiger partial charge in [0.05, 0.1) is 17.2 Å². The SMILES string of the molecule is CC(C)(C(=O)Nc1nc(-c2ccccc2)ns1)S(=O)(=O)CC1CCOCC1.CC(C)c1cc(NC(=O)C(C)(C)S(=O)(=O)CC2CCOCC2)on1. The van der Waals surface area contributed by atoms with E-state index in [4.69, 9.17) is 14.0 Å². The van der Waals surface area contributed by atoms with Crippen molar-refractivity contribution in [2.45, 2.75) is 82.6 Å². The molecule has 0 bridgehead atoms. The molecule has 4 heterocycles. The van der Waals surface area contributed by atoms with Gasteiger partial charge in [-0.15, -0.1) is 0 Å². The van der Waals surface area contributed by atoms with Crippen LogP contribution in [0.5, 0.6) is 0 Å². The van der Waals surface area contributed by atoms with Crippen molar-refractivity contribution >= 4 is 54.0 Å². The van der Waals surface area contributed by atoms with E-state index in [9.17, 15) is 26.4 Å². The van der Waals surface area contributed by atoms with Gasteiger partial charge in [0.15, 0.2) is 25.5 Å². The van der Waals surface area contributed by atoms with Gasteiger partial charge < -0.3 is 14.0 Å². The number of ether oxygens (including phenoxy) is 2. The quantitative estimate of drug-likeness (QED) is 0.247. The van der Waals surface area contributed by atoms with Gasteiger partial charge in [-0.3, -0.25) is 20.2 Å². The second-order valence-electron chi connectivity index (χ2n) is 14.2. The first kappa shape index (κ1) is 40.5. The third-order valence-electron chi connectivity index (χ3n) is 9.28. The number of amides is 2. The first-order chi connectivity index (χ1) is 23.9. The van der Waals surface area contributed by atoms with Crippen molar-refractivity contribution in [3.8, 4) is 11.4 Å². The van der Waals surface area contributed by atoms with E-state index in [0.717, 1.165) is 17.1 Å². The number of carbonyl (C=O) groups excluding carboxylic acids is 2. The molecule has 3 aromatic rings. The Morgan fingerprint density at radius 3 is 1.78 bits per heavy atom. The second kappa shape index (κ2) is 17.1. The minimum absolute atomic E-state index is 0.00950. The largest absolute Gasteiger partial charge is 0.381 e. The molecule has 0 saturated carbocycles. The molecule has 0 aliphatic carbocycles. The summed E-state index contributed by atoms with van der Waals surface area (Å²) in [4.78, 5) is 29.5. The number of nitrogens with zero attached hydrogens (tertiary/aromatic N) is 3. The molecule has 51 heavy (non-hydrogen) atoms. The van der Waals surface area contributed by atoms with E-state index in [0.29, 0.717) is 63.6 Å². The number of anilines is 2.